The molecule has 0 atom stereocenters. The van der Waals surface area contributed by atoms with Crippen LogP contribution in [0.25, 0.3) is 0 Å². The molecular formula is C20H25N3O2. The van der Waals surface area contributed by atoms with Gasteiger partial charge < -0.3 is 15.4 Å². The van der Waals surface area contributed by atoms with Crippen molar-refractivity contribution in [2.24, 2.45) is 0 Å². The third-order valence-corrected chi connectivity index (χ3v) is 4.56. The fourth-order valence-electron chi connectivity index (χ4n) is 3.15. The molecule has 0 aliphatic heterocycles. The Morgan fingerprint density at radius 2 is 1.92 bits per heavy atom. The van der Waals surface area contributed by atoms with E-state index >= 15 is 0 Å². The standard InChI is InChI=1S/C20H25N3O2/c1-14-6-5-7-15(2)19(14)23-20(24)22-13-16-10-11-21-18(12-16)25-17-8-3-4-9-17/h5-7,10-12,17H,3-4,8-9,13H2,1-2H3,(H2,22,23,24). The molecule has 2 aromatic rings. The number of amides is 2. The first-order valence-electron chi connectivity index (χ1n) is 8.84. The van der Waals surface area contributed by atoms with Gasteiger partial charge in [-0.2, -0.15) is 0 Å². The van der Waals surface area contributed by atoms with Gasteiger partial charge in [0, 0.05) is 24.5 Å². The molecule has 132 valence electrons. The van der Waals surface area contributed by atoms with E-state index in [0.717, 1.165) is 35.2 Å². The lowest BCUT2D eigenvalue weighted by Crippen LogP contribution is -2.28. The van der Waals surface area contributed by atoms with Crippen molar-refractivity contribution in [3.8, 4) is 5.88 Å². The lowest BCUT2D eigenvalue weighted by Gasteiger charge is -2.14. The van der Waals surface area contributed by atoms with E-state index in [1.165, 1.54) is 12.8 Å². The van der Waals surface area contributed by atoms with Crippen molar-refractivity contribution in [3.63, 3.8) is 0 Å². The second-order valence-electron chi connectivity index (χ2n) is 6.60. The number of rotatable bonds is 5. The van der Waals surface area contributed by atoms with Crippen LogP contribution in [-0.4, -0.2) is 17.1 Å². The van der Waals surface area contributed by atoms with Crippen molar-refractivity contribution in [3.05, 3.63) is 53.2 Å². The number of aromatic nitrogens is 1. The fraction of sp³-hybridized carbons (Fsp3) is 0.400. The van der Waals surface area contributed by atoms with Crippen molar-refractivity contribution in [2.75, 3.05) is 5.32 Å². The van der Waals surface area contributed by atoms with Gasteiger partial charge in [-0.15, -0.1) is 0 Å². The van der Waals surface area contributed by atoms with E-state index in [0.29, 0.717) is 12.4 Å². The van der Waals surface area contributed by atoms with Gasteiger partial charge in [-0.3, -0.25) is 0 Å². The van der Waals surface area contributed by atoms with Crippen molar-refractivity contribution in [2.45, 2.75) is 52.2 Å². The van der Waals surface area contributed by atoms with Crippen LogP contribution in [-0.2, 0) is 6.54 Å². The minimum Gasteiger partial charge on any atom is -0.474 e. The largest absolute Gasteiger partial charge is 0.474 e. The Balaban J connectivity index is 1.55. The van der Waals surface area contributed by atoms with Gasteiger partial charge in [0.2, 0.25) is 5.88 Å². The van der Waals surface area contributed by atoms with Crippen LogP contribution in [0.5, 0.6) is 5.88 Å². The number of ether oxygens (including phenoxy) is 1. The maximum Gasteiger partial charge on any atom is 0.319 e. The zero-order valence-electron chi connectivity index (χ0n) is 14.8. The molecule has 1 aromatic carbocycles. The zero-order valence-corrected chi connectivity index (χ0v) is 14.8. The number of urea groups is 1. The molecule has 3 rings (SSSR count). The average molecular weight is 339 g/mol. The first-order valence-corrected chi connectivity index (χ1v) is 8.84. The number of nitrogens with one attached hydrogen (secondary N) is 2. The number of carbonyl (C=O) groups is 1. The van der Waals surface area contributed by atoms with E-state index in [1.54, 1.807) is 6.20 Å². The van der Waals surface area contributed by atoms with Crippen LogP contribution in [0.3, 0.4) is 0 Å². The van der Waals surface area contributed by atoms with Gasteiger partial charge in [0.25, 0.3) is 0 Å². The number of anilines is 1. The molecule has 1 aromatic heterocycles. The van der Waals surface area contributed by atoms with E-state index in [4.69, 9.17) is 4.74 Å². The maximum atomic E-state index is 12.2. The third-order valence-electron chi connectivity index (χ3n) is 4.56. The lowest BCUT2D eigenvalue weighted by molar-refractivity contribution is 0.201. The van der Waals surface area contributed by atoms with Crippen LogP contribution >= 0.6 is 0 Å². The number of hydrogen-bond acceptors (Lipinski definition) is 3. The molecule has 0 radical (unpaired) electrons. The van der Waals surface area contributed by atoms with E-state index in [2.05, 4.69) is 15.6 Å². The van der Waals surface area contributed by atoms with E-state index in [-0.39, 0.29) is 12.1 Å². The monoisotopic (exact) mass is 339 g/mol. The van der Waals surface area contributed by atoms with Crippen LogP contribution in [0.2, 0.25) is 0 Å². The third kappa shape index (κ3) is 4.72. The molecule has 1 fully saturated rings. The molecule has 0 spiro atoms. The highest BCUT2D eigenvalue weighted by Crippen LogP contribution is 2.23. The molecule has 1 heterocycles. The SMILES string of the molecule is Cc1cccc(C)c1NC(=O)NCc1ccnc(OC2CCCC2)c1. The molecular weight excluding hydrogens is 314 g/mol. The highest BCUT2D eigenvalue weighted by molar-refractivity contribution is 5.90. The number of pyridine rings is 1. The minimum absolute atomic E-state index is 0.215. The number of hydrogen-bond donors (Lipinski definition) is 2. The molecule has 5 heteroatoms. The number of para-hydroxylation sites is 1. The van der Waals surface area contributed by atoms with Crippen molar-refractivity contribution < 1.29 is 9.53 Å². The summed E-state index contributed by atoms with van der Waals surface area (Å²) in [6, 6.07) is 9.53. The summed E-state index contributed by atoms with van der Waals surface area (Å²) in [7, 11) is 0. The summed E-state index contributed by atoms with van der Waals surface area (Å²) < 4.78 is 5.91. The zero-order chi connectivity index (χ0) is 17.6. The smallest absolute Gasteiger partial charge is 0.319 e. The molecule has 2 amide bonds. The topological polar surface area (TPSA) is 63.2 Å². The number of carbonyl (C=O) groups excluding carboxylic acids is 1. The van der Waals surface area contributed by atoms with Crippen LogP contribution in [0.15, 0.2) is 36.5 Å². The van der Waals surface area contributed by atoms with E-state index in [9.17, 15) is 4.79 Å². The molecule has 1 saturated carbocycles. The first kappa shape index (κ1) is 17.3. The van der Waals surface area contributed by atoms with Gasteiger partial charge in [0.15, 0.2) is 0 Å². The molecule has 25 heavy (non-hydrogen) atoms. The molecule has 5 nitrogen and oxygen atoms in total. The fourth-order valence-corrected chi connectivity index (χ4v) is 3.15. The normalized spacial score (nSPS) is 14.3. The maximum absolute atomic E-state index is 12.2. The van der Waals surface area contributed by atoms with Crippen molar-refractivity contribution in [1.82, 2.24) is 10.3 Å². The Kier molecular flexibility index (Phi) is 5.53. The molecule has 2 N–H and O–H groups in total. The van der Waals surface area contributed by atoms with Gasteiger partial charge in [-0.05, 0) is 62.3 Å². The Morgan fingerprint density at radius 1 is 1.20 bits per heavy atom. The Bertz CT molecular complexity index is 719. The summed E-state index contributed by atoms with van der Waals surface area (Å²) in [6.07, 6.45) is 6.66. The first-order chi connectivity index (χ1) is 12.1. The number of aryl methyl sites for hydroxylation is 2. The Hall–Kier alpha value is -2.56. The van der Waals surface area contributed by atoms with Gasteiger partial charge in [-0.25, -0.2) is 9.78 Å². The lowest BCUT2D eigenvalue weighted by atomic mass is 10.1. The van der Waals surface area contributed by atoms with E-state index < -0.39 is 0 Å². The summed E-state index contributed by atoms with van der Waals surface area (Å²) in [5, 5.41) is 5.81. The number of nitrogens with zero attached hydrogens (tertiary/aromatic N) is 1. The van der Waals surface area contributed by atoms with Crippen LogP contribution < -0.4 is 15.4 Å². The van der Waals surface area contributed by atoms with Crippen LogP contribution in [0.1, 0.15) is 42.4 Å². The summed E-state index contributed by atoms with van der Waals surface area (Å²) in [6.45, 7) is 4.40. The summed E-state index contributed by atoms with van der Waals surface area (Å²) in [5.74, 6) is 0.640. The summed E-state index contributed by atoms with van der Waals surface area (Å²) >= 11 is 0. The van der Waals surface area contributed by atoms with Crippen molar-refractivity contribution >= 4 is 11.7 Å². The van der Waals surface area contributed by atoms with Crippen molar-refractivity contribution in [1.29, 1.82) is 0 Å². The van der Waals surface area contributed by atoms with Gasteiger partial charge >= 0.3 is 6.03 Å². The Morgan fingerprint density at radius 3 is 2.64 bits per heavy atom. The molecule has 0 unspecified atom stereocenters. The predicted octanol–water partition coefficient (Wildman–Crippen LogP) is 4.34. The van der Waals surface area contributed by atoms with Gasteiger partial charge in [-0.1, -0.05) is 18.2 Å². The number of benzene rings is 1. The molecule has 0 saturated heterocycles. The second-order valence-corrected chi connectivity index (χ2v) is 6.60. The van der Waals surface area contributed by atoms with Gasteiger partial charge in [0.1, 0.15) is 6.10 Å². The average Bonchev–Trinajstić information content (AvgIpc) is 3.10. The van der Waals surface area contributed by atoms with Crippen LogP contribution in [0.4, 0.5) is 10.5 Å². The highest BCUT2D eigenvalue weighted by atomic mass is 16.5. The summed E-state index contributed by atoms with van der Waals surface area (Å²) in [4.78, 5) is 16.5. The summed E-state index contributed by atoms with van der Waals surface area (Å²) in [5.41, 5.74) is 3.93. The second kappa shape index (κ2) is 8.01. The quantitative estimate of drug-likeness (QED) is 0.851. The van der Waals surface area contributed by atoms with Crippen LogP contribution in [0, 0.1) is 13.8 Å². The molecule has 1 aliphatic carbocycles. The highest BCUT2D eigenvalue weighted by Gasteiger charge is 2.17. The minimum atomic E-state index is -0.215. The Labute approximate surface area is 148 Å². The van der Waals surface area contributed by atoms with Gasteiger partial charge in [0.05, 0.1) is 0 Å². The predicted molar refractivity (Wildman–Crippen MR) is 98.9 cm³/mol. The molecule has 1 aliphatic rings. The molecule has 0 bridgehead atoms. The van der Waals surface area contributed by atoms with E-state index in [1.807, 2.05) is 44.2 Å².